The van der Waals surface area contributed by atoms with Crippen molar-refractivity contribution in [2.75, 3.05) is 6.61 Å². The average Bonchev–Trinajstić information content (AvgIpc) is 3.02. The maximum atomic E-state index is 15.0. The van der Waals surface area contributed by atoms with E-state index in [4.69, 9.17) is 9.47 Å². The van der Waals surface area contributed by atoms with Crippen molar-refractivity contribution in [1.82, 2.24) is 0 Å². The predicted octanol–water partition coefficient (Wildman–Crippen LogP) is 10.9. The van der Waals surface area contributed by atoms with Crippen LogP contribution in [0.3, 0.4) is 0 Å². The van der Waals surface area contributed by atoms with E-state index >= 15 is 8.78 Å². The zero-order valence-electron chi connectivity index (χ0n) is 25.2. The van der Waals surface area contributed by atoms with Crippen molar-refractivity contribution in [3.8, 4) is 22.6 Å². The van der Waals surface area contributed by atoms with Gasteiger partial charge in [0.1, 0.15) is 0 Å². The summed E-state index contributed by atoms with van der Waals surface area (Å²) < 4.78 is 129. The molecule has 0 aromatic heterocycles. The fourth-order valence-corrected chi connectivity index (χ4v) is 5.67. The first-order chi connectivity index (χ1) is 21.0. The Bertz CT molecular complexity index is 1220. The van der Waals surface area contributed by atoms with Crippen LogP contribution in [0.1, 0.15) is 110 Å². The number of rotatable bonds is 16. The van der Waals surface area contributed by atoms with E-state index in [2.05, 4.69) is 6.92 Å². The normalized spacial score (nSPS) is 16.8. The number of benzene rings is 2. The molecule has 11 heteroatoms. The highest BCUT2D eigenvalue weighted by Crippen LogP contribution is 2.42. The van der Waals surface area contributed by atoms with E-state index in [1.807, 2.05) is 6.92 Å². The Morgan fingerprint density at radius 1 is 0.568 bits per heavy atom. The van der Waals surface area contributed by atoms with Crippen LogP contribution in [0.2, 0.25) is 0 Å². The molecule has 0 bridgehead atoms. The molecule has 0 atom stereocenters. The standard InChI is InChI=1S/C33H40F8O3/c1-3-5-7-9-10-12-18-43-31-27(38)23(34)21(24(35)28(31)39)22-25(36)29(40)32(30(41)26(22)37)44-33(42)20-16-14-19(15-17-20)13-11-8-6-4-2/h19-20H,3-18H2,1-2H3. The fraction of sp³-hybridized carbons (Fsp3) is 0.606. The van der Waals surface area contributed by atoms with Crippen LogP contribution >= 0.6 is 0 Å². The first-order valence-corrected chi connectivity index (χ1v) is 15.6. The van der Waals surface area contributed by atoms with E-state index < -0.39 is 81.1 Å². The third-order valence-electron chi connectivity index (χ3n) is 8.29. The molecule has 0 amide bonds. The highest BCUT2D eigenvalue weighted by atomic mass is 19.2. The summed E-state index contributed by atoms with van der Waals surface area (Å²) in [6.07, 6.45) is 12.1. The Kier molecular flexibility index (Phi) is 13.8. The molecule has 3 rings (SSSR count). The summed E-state index contributed by atoms with van der Waals surface area (Å²) in [5, 5.41) is 0. The smallest absolute Gasteiger partial charge is 0.314 e. The Hall–Kier alpha value is -2.85. The molecule has 0 radical (unpaired) electrons. The third kappa shape index (κ3) is 8.44. The fourth-order valence-electron chi connectivity index (χ4n) is 5.67. The summed E-state index contributed by atoms with van der Waals surface area (Å²) in [6.45, 7) is 3.83. The number of carbonyl (C=O) groups excluding carboxylic acids is 1. The molecule has 1 fully saturated rings. The lowest BCUT2D eigenvalue weighted by Gasteiger charge is -2.27. The molecule has 44 heavy (non-hydrogen) atoms. The van der Waals surface area contributed by atoms with Gasteiger partial charge in [-0.3, -0.25) is 4.79 Å². The van der Waals surface area contributed by atoms with Crippen LogP contribution in [-0.4, -0.2) is 12.6 Å². The van der Waals surface area contributed by atoms with Gasteiger partial charge in [0.15, 0.2) is 29.0 Å². The van der Waals surface area contributed by atoms with Crippen LogP contribution in [0.5, 0.6) is 11.5 Å². The Morgan fingerprint density at radius 2 is 1.00 bits per heavy atom. The molecule has 2 aromatic rings. The van der Waals surface area contributed by atoms with Gasteiger partial charge >= 0.3 is 5.97 Å². The summed E-state index contributed by atoms with van der Waals surface area (Å²) in [6, 6.07) is 0. The Labute approximate surface area is 253 Å². The molecule has 0 heterocycles. The molecule has 3 nitrogen and oxygen atoms in total. The predicted molar refractivity (Wildman–Crippen MR) is 150 cm³/mol. The molecule has 0 unspecified atom stereocenters. The Balaban J connectivity index is 1.77. The van der Waals surface area contributed by atoms with Gasteiger partial charge in [0.05, 0.1) is 23.7 Å². The van der Waals surface area contributed by atoms with E-state index in [-0.39, 0.29) is 6.61 Å². The van der Waals surface area contributed by atoms with Crippen molar-refractivity contribution >= 4 is 5.97 Å². The monoisotopic (exact) mass is 636 g/mol. The average molecular weight is 637 g/mol. The molecule has 0 spiro atoms. The first kappa shape index (κ1) is 35.6. The zero-order chi connectivity index (χ0) is 32.4. The number of halogens is 8. The number of hydrogen-bond acceptors (Lipinski definition) is 3. The molecule has 1 aliphatic carbocycles. The molecule has 246 valence electrons. The highest BCUT2D eigenvalue weighted by Gasteiger charge is 2.37. The van der Waals surface area contributed by atoms with Gasteiger partial charge in [-0.25, -0.2) is 17.6 Å². The van der Waals surface area contributed by atoms with Crippen LogP contribution in [0, 0.1) is 58.4 Å². The van der Waals surface area contributed by atoms with Crippen LogP contribution in [-0.2, 0) is 4.79 Å². The van der Waals surface area contributed by atoms with Gasteiger partial charge in [0.25, 0.3) is 0 Å². The molecular formula is C33H40F8O3. The first-order valence-electron chi connectivity index (χ1n) is 15.6. The summed E-state index contributed by atoms with van der Waals surface area (Å²) in [4.78, 5) is 12.6. The van der Waals surface area contributed by atoms with Crippen molar-refractivity contribution in [2.45, 2.75) is 110 Å². The maximum absolute atomic E-state index is 15.0. The van der Waals surface area contributed by atoms with E-state index in [9.17, 15) is 31.1 Å². The van der Waals surface area contributed by atoms with Crippen LogP contribution < -0.4 is 9.47 Å². The lowest BCUT2D eigenvalue weighted by molar-refractivity contribution is -0.140. The van der Waals surface area contributed by atoms with E-state index in [0.717, 1.165) is 57.8 Å². The van der Waals surface area contributed by atoms with E-state index in [1.54, 1.807) is 0 Å². The van der Waals surface area contributed by atoms with Crippen molar-refractivity contribution in [3.63, 3.8) is 0 Å². The van der Waals surface area contributed by atoms with Gasteiger partial charge in [0.2, 0.25) is 29.0 Å². The lowest BCUT2D eigenvalue weighted by Crippen LogP contribution is -2.26. The second kappa shape index (κ2) is 17.0. The molecule has 1 saturated carbocycles. The van der Waals surface area contributed by atoms with Gasteiger partial charge < -0.3 is 9.47 Å². The zero-order valence-corrected chi connectivity index (χ0v) is 25.2. The van der Waals surface area contributed by atoms with Gasteiger partial charge in [-0.05, 0) is 38.0 Å². The van der Waals surface area contributed by atoms with E-state index in [0.29, 0.717) is 44.4 Å². The van der Waals surface area contributed by atoms with Crippen molar-refractivity contribution < 1.29 is 49.4 Å². The third-order valence-corrected chi connectivity index (χ3v) is 8.29. The topological polar surface area (TPSA) is 35.5 Å². The molecule has 0 saturated heterocycles. The van der Waals surface area contributed by atoms with Gasteiger partial charge in [-0.2, -0.15) is 17.6 Å². The number of hydrogen-bond donors (Lipinski definition) is 0. The SMILES string of the molecule is CCCCCCCCOc1c(F)c(F)c(-c2c(F)c(F)c(OC(=O)C3CCC(CCCCCC)CC3)c(F)c2F)c(F)c1F. The summed E-state index contributed by atoms with van der Waals surface area (Å²) >= 11 is 0. The van der Waals surface area contributed by atoms with E-state index in [1.165, 1.54) is 0 Å². The van der Waals surface area contributed by atoms with Crippen LogP contribution in [0.15, 0.2) is 0 Å². The van der Waals surface area contributed by atoms with Gasteiger partial charge in [-0.1, -0.05) is 78.1 Å². The number of ether oxygens (including phenoxy) is 2. The minimum atomic E-state index is -2.39. The van der Waals surface area contributed by atoms with Crippen molar-refractivity contribution in [2.24, 2.45) is 11.8 Å². The summed E-state index contributed by atoms with van der Waals surface area (Å²) in [7, 11) is 0. The summed E-state index contributed by atoms with van der Waals surface area (Å²) in [5.74, 6) is -22.9. The quantitative estimate of drug-likeness (QED) is 0.0605. The number of unbranched alkanes of at least 4 members (excludes halogenated alkanes) is 8. The number of esters is 1. The second-order valence-corrected chi connectivity index (χ2v) is 11.5. The maximum Gasteiger partial charge on any atom is 0.314 e. The van der Waals surface area contributed by atoms with Crippen LogP contribution in [0.25, 0.3) is 11.1 Å². The largest absolute Gasteiger partial charge is 0.487 e. The van der Waals surface area contributed by atoms with Crippen molar-refractivity contribution in [3.05, 3.63) is 46.5 Å². The van der Waals surface area contributed by atoms with Crippen LogP contribution in [0.4, 0.5) is 35.1 Å². The minimum Gasteiger partial charge on any atom is -0.487 e. The number of carbonyl (C=O) groups is 1. The molecular weight excluding hydrogens is 596 g/mol. The molecule has 2 aromatic carbocycles. The highest BCUT2D eigenvalue weighted by molar-refractivity contribution is 5.76. The lowest BCUT2D eigenvalue weighted by atomic mass is 9.80. The van der Waals surface area contributed by atoms with Crippen molar-refractivity contribution in [1.29, 1.82) is 0 Å². The minimum absolute atomic E-state index is 0.301. The Morgan fingerprint density at radius 3 is 1.50 bits per heavy atom. The second-order valence-electron chi connectivity index (χ2n) is 11.5. The molecule has 0 aliphatic heterocycles. The summed E-state index contributed by atoms with van der Waals surface area (Å²) in [5.41, 5.74) is -4.03. The van der Waals surface area contributed by atoms with Gasteiger partial charge in [0, 0.05) is 0 Å². The van der Waals surface area contributed by atoms with Gasteiger partial charge in [-0.15, -0.1) is 0 Å². The molecule has 0 N–H and O–H groups in total. The molecule has 1 aliphatic rings.